The molecule has 0 aliphatic rings. The fraction of sp³-hybridized carbons (Fsp3) is 0.467. The van der Waals surface area contributed by atoms with Gasteiger partial charge in [-0.2, -0.15) is 0 Å². The van der Waals surface area contributed by atoms with Gasteiger partial charge in [0.15, 0.2) is 11.5 Å². The first-order valence-corrected chi connectivity index (χ1v) is 6.04. The molecule has 0 unspecified atom stereocenters. The summed E-state index contributed by atoms with van der Waals surface area (Å²) >= 11 is 0. The summed E-state index contributed by atoms with van der Waals surface area (Å²) in [5, 5.41) is 0. The quantitative estimate of drug-likeness (QED) is 0.693. The summed E-state index contributed by atoms with van der Waals surface area (Å²) in [6, 6.07) is 6.13. The zero-order chi connectivity index (χ0) is 12.7. The van der Waals surface area contributed by atoms with Gasteiger partial charge in [-0.3, -0.25) is 0 Å². The van der Waals surface area contributed by atoms with Crippen LogP contribution < -0.4 is 9.47 Å². The SMILES string of the molecule is C/C=C(/C)CCCc1ccc(OC)c(OC)c1. The molecule has 0 atom stereocenters. The highest BCUT2D eigenvalue weighted by atomic mass is 16.5. The molecule has 94 valence electrons. The van der Waals surface area contributed by atoms with Gasteiger partial charge in [0.25, 0.3) is 0 Å². The first kappa shape index (κ1) is 13.6. The third-order valence-electron chi connectivity index (χ3n) is 2.98. The molecule has 0 radical (unpaired) electrons. The number of aryl methyl sites for hydroxylation is 1. The lowest BCUT2D eigenvalue weighted by molar-refractivity contribution is 0.354. The maximum atomic E-state index is 5.29. The highest BCUT2D eigenvalue weighted by molar-refractivity contribution is 5.42. The second-order valence-corrected chi connectivity index (χ2v) is 4.18. The van der Waals surface area contributed by atoms with Gasteiger partial charge in [0.2, 0.25) is 0 Å². The number of ether oxygens (including phenoxy) is 2. The highest BCUT2D eigenvalue weighted by Crippen LogP contribution is 2.28. The number of hydrogen-bond acceptors (Lipinski definition) is 2. The van der Waals surface area contributed by atoms with Crippen LogP contribution in [0.2, 0.25) is 0 Å². The Balaban J connectivity index is 2.60. The minimum Gasteiger partial charge on any atom is -0.493 e. The third-order valence-corrected chi connectivity index (χ3v) is 2.98. The zero-order valence-corrected chi connectivity index (χ0v) is 11.2. The maximum absolute atomic E-state index is 5.29. The second-order valence-electron chi connectivity index (χ2n) is 4.18. The van der Waals surface area contributed by atoms with Crippen LogP contribution in [0.3, 0.4) is 0 Å². The fourth-order valence-corrected chi connectivity index (χ4v) is 1.75. The Bertz CT molecular complexity index is 381. The molecular weight excluding hydrogens is 212 g/mol. The Morgan fingerprint density at radius 2 is 1.88 bits per heavy atom. The maximum Gasteiger partial charge on any atom is 0.160 e. The van der Waals surface area contributed by atoms with E-state index in [1.165, 1.54) is 17.6 Å². The third kappa shape index (κ3) is 4.14. The van der Waals surface area contributed by atoms with Gasteiger partial charge < -0.3 is 9.47 Å². The first-order chi connectivity index (χ1) is 8.21. The Labute approximate surface area is 104 Å². The van der Waals surface area contributed by atoms with Crippen molar-refractivity contribution in [3.8, 4) is 11.5 Å². The summed E-state index contributed by atoms with van der Waals surface area (Å²) in [6.45, 7) is 4.26. The Hall–Kier alpha value is -1.44. The van der Waals surface area contributed by atoms with Crippen LogP contribution in [0.15, 0.2) is 29.8 Å². The Kier molecular flexibility index (Phi) is 5.61. The molecule has 0 amide bonds. The van der Waals surface area contributed by atoms with Crippen molar-refractivity contribution in [1.82, 2.24) is 0 Å². The van der Waals surface area contributed by atoms with Gasteiger partial charge in [-0.1, -0.05) is 17.7 Å². The summed E-state index contributed by atoms with van der Waals surface area (Å²) in [7, 11) is 3.33. The van der Waals surface area contributed by atoms with Crippen molar-refractivity contribution < 1.29 is 9.47 Å². The van der Waals surface area contributed by atoms with E-state index in [4.69, 9.17) is 9.47 Å². The van der Waals surface area contributed by atoms with Crippen molar-refractivity contribution in [1.29, 1.82) is 0 Å². The van der Waals surface area contributed by atoms with Crippen LogP contribution in [-0.2, 0) is 6.42 Å². The van der Waals surface area contributed by atoms with E-state index in [0.29, 0.717) is 0 Å². The lowest BCUT2D eigenvalue weighted by atomic mass is 10.0. The van der Waals surface area contributed by atoms with Gasteiger partial charge in [0, 0.05) is 0 Å². The monoisotopic (exact) mass is 234 g/mol. The molecule has 0 aliphatic carbocycles. The van der Waals surface area contributed by atoms with Crippen LogP contribution >= 0.6 is 0 Å². The molecule has 1 aromatic carbocycles. The van der Waals surface area contributed by atoms with E-state index < -0.39 is 0 Å². The van der Waals surface area contributed by atoms with Crippen LogP contribution in [-0.4, -0.2) is 14.2 Å². The van der Waals surface area contributed by atoms with Crippen LogP contribution in [0.1, 0.15) is 32.3 Å². The Morgan fingerprint density at radius 1 is 1.18 bits per heavy atom. The normalized spacial score (nSPS) is 11.4. The lowest BCUT2D eigenvalue weighted by Gasteiger charge is -2.09. The minimum absolute atomic E-state index is 0.792. The summed E-state index contributed by atoms with van der Waals surface area (Å²) in [5.74, 6) is 1.61. The molecule has 1 rings (SSSR count). The summed E-state index contributed by atoms with van der Waals surface area (Å²) in [6.07, 6.45) is 5.58. The van der Waals surface area contributed by atoms with E-state index in [0.717, 1.165) is 24.3 Å². The first-order valence-electron chi connectivity index (χ1n) is 6.04. The van der Waals surface area contributed by atoms with Gasteiger partial charge in [0.05, 0.1) is 14.2 Å². The topological polar surface area (TPSA) is 18.5 Å². The summed E-state index contributed by atoms with van der Waals surface area (Å²) in [5.41, 5.74) is 2.75. The summed E-state index contributed by atoms with van der Waals surface area (Å²) < 4.78 is 10.5. The van der Waals surface area contributed by atoms with Crippen molar-refractivity contribution in [2.24, 2.45) is 0 Å². The largest absolute Gasteiger partial charge is 0.493 e. The smallest absolute Gasteiger partial charge is 0.160 e. The molecule has 0 saturated heterocycles. The van der Waals surface area contributed by atoms with Gasteiger partial charge in [-0.15, -0.1) is 0 Å². The molecule has 0 aromatic heterocycles. The predicted octanol–water partition coefficient (Wildman–Crippen LogP) is 3.99. The van der Waals surface area contributed by atoms with E-state index in [-0.39, 0.29) is 0 Å². The number of methoxy groups -OCH3 is 2. The van der Waals surface area contributed by atoms with Gasteiger partial charge in [0.1, 0.15) is 0 Å². The van der Waals surface area contributed by atoms with Crippen LogP contribution in [0.5, 0.6) is 11.5 Å². The fourth-order valence-electron chi connectivity index (χ4n) is 1.75. The molecule has 0 fully saturated rings. The van der Waals surface area contributed by atoms with Crippen LogP contribution in [0, 0.1) is 0 Å². The van der Waals surface area contributed by atoms with E-state index in [1.54, 1.807) is 14.2 Å². The van der Waals surface area contributed by atoms with Crippen molar-refractivity contribution in [3.63, 3.8) is 0 Å². The van der Waals surface area contributed by atoms with E-state index in [9.17, 15) is 0 Å². The number of hydrogen-bond donors (Lipinski definition) is 0. The summed E-state index contributed by atoms with van der Waals surface area (Å²) in [4.78, 5) is 0. The number of allylic oxidation sites excluding steroid dienone is 2. The number of rotatable bonds is 6. The molecule has 1 aromatic rings. The molecule has 2 nitrogen and oxygen atoms in total. The molecule has 0 saturated carbocycles. The average molecular weight is 234 g/mol. The molecule has 0 aliphatic heterocycles. The molecular formula is C15H22O2. The van der Waals surface area contributed by atoms with Gasteiger partial charge in [-0.25, -0.2) is 0 Å². The van der Waals surface area contributed by atoms with Crippen LogP contribution in [0.25, 0.3) is 0 Å². The molecule has 0 heterocycles. The highest BCUT2D eigenvalue weighted by Gasteiger charge is 2.04. The number of benzene rings is 1. The van der Waals surface area contributed by atoms with Crippen molar-refractivity contribution in [2.45, 2.75) is 33.1 Å². The van der Waals surface area contributed by atoms with Gasteiger partial charge in [-0.05, 0) is 50.8 Å². The van der Waals surface area contributed by atoms with Crippen molar-refractivity contribution in [3.05, 3.63) is 35.4 Å². The molecule has 17 heavy (non-hydrogen) atoms. The van der Waals surface area contributed by atoms with E-state index in [2.05, 4.69) is 32.1 Å². The average Bonchev–Trinajstić information content (AvgIpc) is 2.38. The lowest BCUT2D eigenvalue weighted by Crippen LogP contribution is -1.93. The standard InChI is InChI=1S/C15H22O2/c1-5-12(2)7-6-8-13-9-10-14(16-3)15(11-13)17-4/h5,9-11H,6-8H2,1-4H3/b12-5-. The molecule has 0 spiro atoms. The minimum atomic E-state index is 0.792. The predicted molar refractivity (Wildman–Crippen MR) is 71.9 cm³/mol. The molecule has 2 heteroatoms. The van der Waals surface area contributed by atoms with Crippen LogP contribution in [0.4, 0.5) is 0 Å². The van der Waals surface area contributed by atoms with Gasteiger partial charge >= 0.3 is 0 Å². The van der Waals surface area contributed by atoms with Crippen molar-refractivity contribution in [2.75, 3.05) is 14.2 Å². The Morgan fingerprint density at radius 3 is 2.47 bits per heavy atom. The van der Waals surface area contributed by atoms with E-state index >= 15 is 0 Å². The second kappa shape index (κ2) is 7.00. The zero-order valence-electron chi connectivity index (χ0n) is 11.2. The van der Waals surface area contributed by atoms with E-state index in [1.807, 2.05) is 6.07 Å². The molecule has 0 bridgehead atoms. The van der Waals surface area contributed by atoms with Crippen molar-refractivity contribution >= 4 is 0 Å². The molecule has 0 N–H and O–H groups in total.